The van der Waals surface area contributed by atoms with Gasteiger partial charge in [-0.2, -0.15) is 0 Å². The monoisotopic (exact) mass is 255 g/mol. The number of hydrogen-bond donors (Lipinski definition) is 2. The number of aromatic nitrogens is 1. The molecule has 2 rings (SSSR count). The van der Waals surface area contributed by atoms with Gasteiger partial charge < -0.3 is 10.6 Å². The molecule has 0 aliphatic heterocycles. The third-order valence-corrected chi connectivity index (χ3v) is 2.65. The Kier molecular flexibility index (Phi) is 4.50. The van der Waals surface area contributed by atoms with Gasteiger partial charge >= 0.3 is 0 Å². The van der Waals surface area contributed by atoms with Crippen molar-refractivity contribution in [1.82, 2.24) is 4.98 Å². The molecule has 19 heavy (non-hydrogen) atoms. The minimum absolute atomic E-state index is 0.151. The third-order valence-electron chi connectivity index (χ3n) is 2.65. The number of carbonyl (C=O) groups is 1. The molecule has 0 saturated heterocycles. The molecule has 0 radical (unpaired) electrons. The third kappa shape index (κ3) is 3.81. The van der Waals surface area contributed by atoms with Gasteiger partial charge in [-0.05, 0) is 42.8 Å². The van der Waals surface area contributed by atoms with Crippen molar-refractivity contribution in [3.63, 3.8) is 0 Å². The van der Waals surface area contributed by atoms with Crippen LogP contribution in [0.4, 0.5) is 11.4 Å². The zero-order valence-corrected chi connectivity index (χ0v) is 10.9. The lowest BCUT2D eigenvalue weighted by molar-refractivity contribution is 0.102. The molecule has 0 atom stereocenters. The van der Waals surface area contributed by atoms with Crippen LogP contribution < -0.4 is 10.6 Å². The predicted octanol–water partition coefficient (Wildman–Crippen LogP) is 3.16. The number of anilines is 2. The lowest BCUT2D eigenvalue weighted by Crippen LogP contribution is -2.12. The van der Waals surface area contributed by atoms with Crippen molar-refractivity contribution in [1.29, 1.82) is 0 Å². The van der Waals surface area contributed by atoms with Gasteiger partial charge in [0.15, 0.2) is 0 Å². The Morgan fingerprint density at radius 1 is 1.16 bits per heavy atom. The van der Waals surface area contributed by atoms with Crippen LogP contribution in [-0.4, -0.2) is 17.4 Å². The summed E-state index contributed by atoms with van der Waals surface area (Å²) in [4.78, 5) is 15.8. The number of benzene rings is 1. The van der Waals surface area contributed by atoms with E-state index in [1.54, 1.807) is 24.5 Å². The van der Waals surface area contributed by atoms with Crippen LogP contribution >= 0.6 is 0 Å². The van der Waals surface area contributed by atoms with Crippen LogP contribution in [0, 0.1) is 0 Å². The van der Waals surface area contributed by atoms with Crippen molar-refractivity contribution >= 4 is 17.3 Å². The number of nitrogens with one attached hydrogen (secondary N) is 2. The van der Waals surface area contributed by atoms with E-state index in [4.69, 9.17) is 0 Å². The van der Waals surface area contributed by atoms with Gasteiger partial charge in [-0.1, -0.05) is 6.92 Å². The van der Waals surface area contributed by atoms with E-state index in [0.717, 1.165) is 24.3 Å². The Balaban J connectivity index is 1.98. The molecule has 0 fully saturated rings. The average molecular weight is 255 g/mol. The van der Waals surface area contributed by atoms with Crippen molar-refractivity contribution in [3.8, 4) is 0 Å². The molecular formula is C15H17N3O. The van der Waals surface area contributed by atoms with Gasteiger partial charge in [0.2, 0.25) is 0 Å². The second-order valence-corrected chi connectivity index (χ2v) is 4.20. The smallest absolute Gasteiger partial charge is 0.257 e. The zero-order chi connectivity index (χ0) is 13.5. The molecule has 4 heteroatoms. The van der Waals surface area contributed by atoms with Gasteiger partial charge in [0.25, 0.3) is 5.91 Å². The Bertz CT molecular complexity index is 523. The summed E-state index contributed by atoms with van der Waals surface area (Å²) in [7, 11) is 0. The van der Waals surface area contributed by atoms with E-state index < -0.39 is 0 Å². The highest BCUT2D eigenvalue weighted by Gasteiger charge is 2.05. The first-order chi connectivity index (χ1) is 9.29. The molecule has 0 saturated carbocycles. The Morgan fingerprint density at radius 3 is 2.53 bits per heavy atom. The maximum absolute atomic E-state index is 11.9. The van der Waals surface area contributed by atoms with E-state index in [1.165, 1.54) is 0 Å². The van der Waals surface area contributed by atoms with Crippen LogP contribution in [0.15, 0.2) is 48.8 Å². The highest BCUT2D eigenvalue weighted by atomic mass is 16.1. The van der Waals surface area contributed by atoms with Crippen molar-refractivity contribution in [3.05, 3.63) is 54.4 Å². The number of nitrogens with zero attached hydrogens (tertiary/aromatic N) is 1. The van der Waals surface area contributed by atoms with Gasteiger partial charge in [0.1, 0.15) is 0 Å². The number of carbonyl (C=O) groups excluding carboxylic acids is 1. The molecule has 0 aliphatic rings. The minimum atomic E-state index is -0.151. The lowest BCUT2D eigenvalue weighted by Gasteiger charge is -2.07. The average Bonchev–Trinajstić information content (AvgIpc) is 2.47. The fourth-order valence-corrected chi connectivity index (χ4v) is 1.64. The van der Waals surface area contributed by atoms with Gasteiger partial charge in [0.05, 0.1) is 5.56 Å². The van der Waals surface area contributed by atoms with Crippen molar-refractivity contribution in [2.24, 2.45) is 0 Å². The molecule has 0 unspecified atom stereocenters. The lowest BCUT2D eigenvalue weighted by atomic mass is 10.2. The van der Waals surface area contributed by atoms with Crippen LogP contribution in [0.3, 0.4) is 0 Å². The quantitative estimate of drug-likeness (QED) is 0.863. The number of amides is 1. The van der Waals surface area contributed by atoms with Crippen LogP contribution in [0.2, 0.25) is 0 Å². The summed E-state index contributed by atoms with van der Waals surface area (Å²) >= 11 is 0. The highest BCUT2D eigenvalue weighted by molar-refractivity contribution is 6.04. The van der Waals surface area contributed by atoms with Crippen LogP contribution in [0.25, 0.3) is 0 Å². The zero-order valence-electron chi connectivity index (χ0n) is 10.9. The summed E-state index contributed by atoms with van der Waals surface area (Å²) in [5.74, 6) is -0.151. The van der Waals surface area contributed by atoms with E-state index in [2.05, 4.69) is 22.5 Å². The maximum Gasteiger partial charge on any atom is 0.257 e. The summed E-state index contributed by atoms with van der Waals surface area (Å²) in [6.45, 7) is 3.07. The van der Waals surface area contributed by atoms with Crippen molar-refractivity contribution < 1.29 is 4.79 Å². The molecule has 1 heterocycles. The fourth-order valence-electron chi connectivity index (χ4n) is 1.64. The van der Waals surface area contributed by atoms with E-state index in [1.807, 2.05) is 24.3 Å². The first kappa shape index (κ1) is 13.1. The summed E-state index contributed by atoms with van der Waals surface area (Å²) in [6.07, 6.45) is 4.27. The highest BCUT2D eigenvalue weighted by Crippen LogP contribution is 2.14. The standard InChI is InChI=1S/C15H17N3O/c1-2-9-17-13-5-7-14(8-6-13)18-15(19)12-4-3-10-16-11-12/h3-8,10-11,17H,2,9H2,1H3,(H,18,19). The Labute approximate surface area is 112 Å². The Hall–Kier alpha value is -2.36. The molecule has 0 spiro atoms. The number of rotatable bonds is 5. The molecule has 0 aliphatic carbocycles. The summed E-state index contributed by atoms with van der Waals surface area (Å²) < 4.78 is 0. The fraction of sp³-hybridized carbons (Fsp3) is 0.200. The SMILES string of the molecule is CCCNc1ccc(NC(=O)c2cccnc2)cc1. The topological polar surface area (TPSA) is 54.0 Å². The van der Waals surface area contributed by atoms with Gasteiger partial charge in [-0.3, -0.25) is 9.78 Å². The molecule has 0 bridgehead atoms. The summed E-state index contributed by atoms with van der Waals surface area (Å²) in [6, 6.07) is 11.1. The van der Waals surface area contributed by atoms with Crippen molar-refractivity contribution in [2.45, 2.75) is 13.3 Å². The largest absolute Gasteiger partial charge is 0.385 e. The second kappa shape index (κ2) is 6.54. The van der Waals surface area contributed by atoms with E-state index in [-0.39, 0.29) is 5.91 Å². The first-order valence-corrected chi connectivity index (χ1v) is 6.35. The second-order valence-electron chi connectivity index (χ2n) is 4.20. The molecule has 98 valence electrons. The number of pyridine rings is 1. The molecule has 1 aromatic carbocycles. The van der Waals surface area contributed by atoms with Crippen LogP contribution in [0.5, 0.6) is 0 Å². The van der Waals surface area contributed by atoms with Crippen molar-refractivity contribution in [2.75, 3.05) is 17.2 Å². The number of hydrogen-bond acceptors (Lipinski definition) is 3. The van der Waals surface area contributed by atoms with E-state index in [9.17, 15) is 4.79 Å². The van der Waals surface area contributed by atoms with Crippen LogP contribution in [-0.2, 0) is 0 Å². The molecule has 2 aromatic rings. The van der Waals surface area contributed by atoms with E-state index in [0.29, 0.717) is 5.56 Å². The maximum atomic E-state index is 11.9. The first-order valence-electron chi connectivity index (χ1n) is 6.35. The Morgan fingerprint density at radius 2 is 1.89 bits per heavy atom. The van der Waals surface area contributed by atoms with Gasteiger partial charge in [-0.15, -0.1) is 0 Å². The van der Waals surface area contributed by atoms with Gasteiger partial charge in [-0.25, -0.2) is 0 Å². The van der Waals surface area contributed by atoms with Gasteiger partial charge in [0, 0.05) is 30.3 Å². The minimum Gasteiger partial charge on any atom is -0.385 e. The van der Waals surface area contributed by atoms with E-state index >= 15 is 0 Å². The normalized spacial score (nSPS) is 9.95. The van der Waals surface area contributed by atoms with Crippen LogP contribution in [0.1, 0.15) is 23.7 Å². The molecule has 1 aromatic heterocycles. The molecular weight excluding hydrogens is 238 g/mol. The molecule has 2 N–H and O–H groups in total. The molecule has 4 nitrogen and oxygen atoms in total. The predicted molar refractivity (Wildman–Crippen MR) is 77.4 cm³/mol. The summed E-state index contributed by atoms with van der Waals surface area (Å²) in [5.41, 5.74) is 2.38. The summed E-state index contributed by atoms with van der Waals surface area (Å²) in [5, 5.41) is 6.12. The molecule has 1 amide bonds.